The van der Waals surface area contributed by atoms with E-state index in [9.17, 15) is 9.59 Å². The Hall–Kier alpha value is -4.07. The molecule has 4 rings (SSSR count). The molecule has 0 aliphatic carbocycles. The summed E-state index contributed by atoms with van der Waals surface area (Å²) >= 11 is 0. The molecule has 0 atom stereocenters. The number of carbonyl (C=O) groups excluding carboxylic acids is 1. The molecule has 0 fully saturated rings. The number of amides is 1. The van der Waals surface area contributed by atoms with Crippen molar-refractivity contribution in [2.75, 3.05) is 14.2 Å². The molecule has 8 nitrogen and oxygen atoms in total. The second-order valence-corrected chi connectivity index (χ2v) is 7.42. The number of ether oxygens (including phenoxy) is 2. The molecule has 0 aliphatic heterocycles. The zero-order valence-corrected chi connectivity index (χ0v) is 18.2. The number of aromatic nitrogens is 3. The minimum atomic E-state index is -0.294. The van der Waals surface area contributed by atoms with Gasteiger partial charge in [-0.15, -0.1) is 0 Å². The van der Waals surface area contributed by atoms with Crippen LogP contribution in [0.2, 0.25) is 0 Å². The second-order valence-electron chi connectivity index (χ2n) is 7.42. The van der Waals surface area contributed by atoms with Crippen LogP contribution in [0.5, 0.6) is 11.5 Å². The molecule has 164 valence electrons. The van der Waals surface area contributed by atoms with Crippen LogP contribution >= 0.6 is 0 Å². The van der Waals surface area contributed by atoms with E-state index in [2.05, 4.69) is 10.4 Å². The van der Waals surface area contributed by atoms with Crippen LogP contribution in [0.1, 0.15) is 11.1 Å². The largest absolute Gasteiger partial charge is 0.493 e. The number of hydrogen-bond donors (Lipinski definition) is 1. The zero-order valence-electron chi connectivity index (χ0n) is 18.2. The van der Waals surface area contributed by atoms with Crippen LogP contribution < -0.4 is 20.3 Å². The van der Waals surface area contributed by atoms with Crippen molar-refractivity contribution >= 4 is 11.4 Å². The first kappa shape index (κ1) is 21.2. The van der Waals surface area contributed by atoms with Gasteiger partial charge in [0.05, 0.1) is 19.9 Å². The third kappa shape index (κ3) is 4.34. The molecule has 0 aliphatic rings. The summed E-state index contributed by atoms with van der Waals surface area (Å²) in [6.45, 7) is 2.35. The molecule has 2 aromatic carbocycles. The Balaban J connectivity index is 1.53. The van der Waals surface area contributed by atoms with E-state index in [1.807, 2.05) is 37.3 Å². The molecule has 1 amide bonds. The van der Waals surface area contributed by atoms with Gasteiger partial charge in [-0.1, -0.05) is 29.8 Å². The molecular weight excluding hydrogens is 408 g/mol. The van der Waals surface area contributed by atoms with Crippen molar-refractivity contribution < 1.29 is 14.3 Å². The Labute approximate surface area is 185 Å². The highest BCUT2D eigenvalue weighted by molar-refractivity contribution is 5.76. The van der Waals surface area contributed by atoms with Gasteiger partial charge in [-0.3, -0.25) is 9.59 Å². The van der Waals surface area contributed by atoms with E-state index in [0.29, 0.717) is 29.3 Å². The van der Waals surface area contributed by atoms with Crippen molar-refractivity contribution in [2.24, 2.45) is 0 Å². The summed E-state index contributed by atoms with van der Waals surface area (Å²) in [4.78, 5) is 25.3. The predicted octanol–water partition coefficient (Wildman–Crippen LogP) is 2.81. The van der Waals surface area contributed by atoms with Gasteiger partial charge in [0, 0.05) is 24.5 Å². The minimum Gasteiger partial charge on any atom is -0.493 e. The van der Waals surface area contributed by atoms with Crippen LogP contribution in [-0.2, 0) is 17.9 Å². The summed E-state index contributed by atoms with van der Waals surface area (Å²) in [5.41, 5.74) is 3.65. The van der Waals surface area contributed by atoms with E-state index >= 15 is 0 Å². The molecule has 0 spiro atoms. The monoisotopic (exact) mass is 432 g/mol. The SMILES string of the molecule is COc1ccc(-c2cc3c(=O)n(CC(=O)NCc4ccc(C)cc4)ccn3n2)cc1OC. The molecular formula is C24H24N4O4. The Morgan fingerprint density at radius 3 is 2.47 bits per heavy atom. The lowest BCUT2D eigenvalue weighted by molar-refractivity contribution is -0.121. The molecule has 0 bridgehead atoms. The normalized spacial score (nSPS) is 10.8. The fourth-order valence-electron chi connectivity index (χ4n) is 3.40. The van der Waals surface area contributed by atoms with Gasteiger partial charge < -0.3 is 19.4 Å². The highest BCUT2D eigenvalue weighted by atomic mass is 16.5. The van der Waals surface area contributed by atoms with Crippen LogP contribution in [-0.4, -0.2) is 34.3 Å². The highest BCUT2D eigenvalue weighted by Crippen LogP contribution is 2.31. The molecule has 1 N–H and O–H groups in total. The Kier molecular flexibility index (Phi) is 5.93. The molecule has 4 aromatic rings. The first-order chi connectivity index (χ1) is 15.5. The number of carbonyl (C=O) groups is 1. The van der Waals surface area contributed by atoms with Gasteiger partial charge in [0.1, 0.15) is 12.1 Å². The molecule has 0 saturated heterocycles. The van der Waals surface area contributed by atoms with E-state index in [0.717, 1.165) is 16.7 Å². The highest BCUT2D eigenvalue weighted by Gasteiger charge is 2.13. The van der Waals surface area contributed by atoms with Crippen molar-refractivity contribution in [3.05, 3.63) is 82.4 Å². The maximum Gasteiger partial charge on any atom is 0.277 e. The van der Waals surface area contributed by atoms with E-state index in [1.165, 1.54) is 9.08 Å². The minimum absolute atomic E-state index is 0.0714. The Bertz CT molecular complexity index is 1320. The van der Waals surface area contributed by atoms with Gasteiger partial charge in [-0.2, -0.15) is 5.10 Å². The third-order valence-corrected chi connectivity index (χ3v) is 5.21. The van der Waals surface area contributed by atoms with Crippen molar-refractivity contribution in [2.45, 2.75) is 20.0 Å². The van der Waals surface area contributed by atoms with E-state index in [4.69, 9.17) is 9.47 Å². The van der Waals surface area contributed by atoms with Crippen LogP contribution in [0.15, 0.2) is 65.7 Å². The number of methoxy groups -OCH3 is 2. The van der Waals surface area contributed by atoms with Crippen LogP contribution in [0.4, 0.5) is 0 Å². The third-order valence-electron chi connectivity index (χ3n) is 5.21. The van der Waals surface area contributed by atoms with Gasteiger partial charge in [-0.05, 0) is 36.8 Å². The van der Waals surface area contributed by atoms with Crippen LogP contribution in [0, 0.1) is 6.92 Å². The number of aryl methyl sites for hydroxylation is 1. The first-order valence-corrected chi connectivity index (χ1v) is 10.1. The van der Waals surface area contributed by atoms with Crippen molar-refractivity contribution in [1.82, 2.24) is 19.5 Å². The van der Waals surface area contributed by atoms with Crippen molar-refractivity contribution in [1.29, 1.82) is 0 Å². The lowest BCUT2D eigenvalue weighted by Gasteiger charge is -2.08. The van der Waals surface area contributed by atoms with Crippen molar-refractivity contribution in [3.63, 3.8) is 0 Å². The number of fused-ring (bicyclic) bond motifs is 1. The molecule has 32 heavy (non-hydrogen) atoms. The Morgan fingerprint density at radius 2 is 1.75 bits per heavy atom. The quantitative estimate of drug-likeness (QED) is 0.485. The molecule has 0 radical (unpaired) electrons. The molecule has 2 heterocycles. The lowest BCUT2D eigenvalue weighted by Crippen LogP contribution is -2.32. The average Bonchev–Trinajstić information content (AvgIpc) is 3.25. The van der Waals surface area contributed by atoms with Gasteiger partial charge in [-0.25, -0.2) is 4.52 Å². The smallest absolute Gasteiger partial charge is 0.277 e. The predicted molar refractivity (Wildman–Crippen MR) is 121 cm³/mol. The van der Waals surface area contributed by atoms with E-state index in [1.54, 1.807) is 44.8 Å². The number of hydrogen-bond acceptors (Lipinski definition) is 5. The van der Waals surface area contributed by atoms with E-state index < -0.39 is 0 Å². The summed E-state index contributed by atoms with van der Waals surface area (Å²) < 4.78 is 13.5. The fourth-order valence-corrected chi connectivity index (χ4v) is 3.40. The maximum atomic E-state index is 12.9. The number of nitrogens with zero attached hydrogens (tertiary/aromatic N) is 3. The number of nitrogens with one attached hydrogen (secondary N) is 1. The van der Waals surface area contributed by atoms with Crippen LogP contribution in [0.3, 0.4) is 0 Å². The summed E-state index contributed by atoms with van der Waals surface area (Å²) in [6, 6.07) is 15.1. The van der Waals surface area contributed by atoms with E-state index in [-0.39, 0.29) is 18.0 Å². The molecule has 2 aromatic heterocycles. The fraction of sp³-hybridized carbons (Fsp3) is 0.208. The molecule has 0 unspecified atom stereocenters. The van der Waals surface area contributed by atoms with Crippen molar-refractivity contribution in [3.8, 4) is 22.8 Å². The van der Waals surface area contributed by atoms with Gasteiger partial charge >= 0.3 is 0 Å². The number of benzene rings is 2. The molecule has 0 saturated carbocycles. The Morgan fingerprint density at radius 1 is 1.00 bits per heavy atom. The zero-order chi connectivity index (χ0) is 22.7. The van der Waals surface area contributed by atoms with Gasteiger partial charge in [0.15, 0.2) is 11.5 Å². The van der Waals surface area contributed by atoms with Crippen LogP contribution in [0.25, 0.3) is 16.8 Å². The number of rotatable bonds is 7. The first-order valence-electron chi connectivity index (χ1n) is 10.1. The second kappa shape index (κ2) is 8.97. The average molecular weight is 432 g/mol. The standard InChI is InChI=1S/C24H24N4O4/c1-16-4-6-17(7-5-16)14-25-23(29)15-27-10-11-28-20(24(27)30)13-19(26-28)18-8-9-21(31-2)22(12-18)32-3/h4-13H,14-15H2,1-3H3,(H,25,29). The summed E-state index contributed by atoms with van der Waals surface area (Å²) in [5.74, 6) is 0.945. The summed E-state index contributed by atoms with van der Waals surface area (Å²) in [5, 5.41) is 7.33. The van der Waals surface area contributed by atoms with Gasteiger partial charge in [0.2, 0.25) is 5.91 Å². The molecule has 8 heteroatoms. The lowest BCUT2D eigenvalue weighted by atomic mass is 10.1. The van der Waals surface area contributed by atoms with Gasteiger partial charge in [0.25, 0.3) is 5.56 Å². The topological polar surface area (TPSA) is 86.9 Å². The summed E-state index contributed by atoms with van der Waals surface area (Å²) in [7, 11) is 3.13. The maximum absolute atomic E-state index is 12.9. The summed E-state index contributed by atoms with van der Waals surface area (Å²) in [6.07, 6.45) is 3.22.